The molecule has 0 spiro atoms. The van der Waals surface area contributed by atoms with Crippen molar-refractivity contribution in [3.05, 3.63) is 78.0 Å². The summed E-state index contributed by atoms with van der Waals surface area (Å²) in [4.78, 5) is 17.1. The van der Waals surface area contributed by atoms with Gasteiger partial charge in [0.2, 0.25) is 0 Å². The summed E-state index contributed by atoms with van der Waals surface area (Å²) in [7, 11) is 0. The number of rotatable bonds is 3. The largest absolute Gasteiger partial charge is 0.416 e. The van der Waals surface area contributed by atoms with Gasteiger partial charge in [-0.1, -0.05) is 53.9 Å². The number of H-pyrrole nitrogens is 1. The van der Waals surface area contributed by atoms with Crippen molar-refractivity contribution in [2.45, 2.75) is 21.7 Å². The van der Waals surface area contributed by atoms with E-state index in [0.29, 0.717) is 16.3 Å². The van der Waals surface area contributed by atoms with Crippen LogP contribution in [0.15, 0.2) is 76.7 Å². The molecular formula is C23H16F3N3OS2. The fourth-order valence-corrected chi connectivity index (χ4v) is 5.31. The number of nitrogens with one attached hydrogen (secondary N) is 3. The molecule has 5 rings (SSSR count). The lowest BCUT2D eigenvalue weighted by Crippen LogP contribution is -2.13. The van der Waals surface area contributed by atoms with Crippen molar-refractivity contribution in [3.63, 3.8) is 0 Å². The normalized spacial score (nSPS) is 12.7. The number of anilines is 3. The number of hydrogen-bond acceptors (Lipinski definition) is 4. The third kappa shape index (κ3) is 4.05. The van der Waals surface area contributed by atoms with E-state index in [9.17, 15) is 18.0 Å². The van der Waals surface area contributed by atoms with Crippen LogP contribution in [0.2, 0.25) is 0 Å². The van der Waals surface area contributed by atoms with Gasteiger partial charge in [-0.15, -0.1) is 0 Å². The molecule has 3 aromatic carbocycles. The van der Waals surface area contributed by atoms with Crippen molar-refractivity contribution in [1.82, 2.24) is 4.98 Å². The van der Waals surface area contributed by atoms with E-state index in [1.165, 1.54) is 11.8 Å². The Morgan fingerprint density at radius 3 is 2.66 bits per heavy atom. The van der Waals surface area contributed by atoms with Gasteiger partial charge in [0.1, 0.15) is 0 Å². The second kappa shape index (κ2) is 8.14. The van der Waals surface area contributed by atoms with Crippen molar-refractivity contribution < 1.29 is 18.0 Å². The van der Waals surface area contributed by atoms with E-state index >= 15 is 0 Å². The maximum atomic E-state index is 13.5. The molecule has 0 bridgehead atoms. The Kier molecular flexibility index (Phi) is 5.30. The fraction of sp³-hybridized carbons (Fsp3) is 0.0870. The highest BCUT2D eigenvalue weighted by atomic mass is 32.2. The molecule has 0 atom stereocenters. The number of halogens is 3. The van der Waals surface area contributed by atoms with E-state index in [-0.39, 0.29) is 5.69 Å². The summed E-state index contributed by atoms with van der Waals surface area (Å²) >= 11 is 2.25. The molecule has 32 heavy (non-hydrogen) atoms. The average Bonchev–Trinajstić information content (AvgIpc) is 3.19. The number of aromatic nitrogens is 1. The van der Waals surface area contributed by atoms with Crippen molar-refractivity contribution >= 4 is 56.7 Å². The standard InChI is InChI=1S/C23H16F3N3OS2/c24-23(25,26)14-9-18(21-20(10-14)32-19-8-4-3-7-17(19)28-21)29-22(30)31-12-13-11-27-16-6-2-1-5-15(13)16/h1-11,27-28H,12H2,(H,29,30). The molecule has 1 aliphatic heterocycles. The maximum Gasteiger partial charge on any atom is 0.416 e. The van der Waals surface area contributed by atoms with E-state index in [0.717, 1.165) is 50.9 Å². The van der Waals surface area contributed by atoms with Crippen LogP contribution < -0.4 is 10.6 Å². The van der Waals surface area contributed by atoms with Crippen LogP contribution in [0.25, 0.3) is 10.9 Å². The van der Waals surface area contributed by atoms with Crippen LogP contribution in [0.1, 0.15) is 11.1 Å². The Labute approximate surface area is 190 Å². The zero-order chi connectivity index (χ0) is 22.3. The molecule has 0 aliphatic carbocycles. The molecule has 1 amide bonds. The summed E-state index contributed by atoms with van der Waals surface area (Å²) < 4.78 is 40.5. The molecule has 4 aromatic rings. The van der Waals surface area contributed by atoms with Gasteiger partial charge < -0.3 is 15.6 Å². The summed E-state index contributed by atoms with van der Waals surface area (Å²) in [5, 5.41) is 6.42. The highest BCUT2D eigenvalue weighted by Crippen LogP contribution is 2.49. The number of alkyl halides is 3. The monoisotopic (exact) mass is 471 g/mol. The third-order valence-corrected chi connectivity index (χ3v) is 7.00. The van der Waals surface area contributed by atoms with Gasteiger partial charge >= 0.3 is 6.18 Å². The van der Waals surface area contributed by atoms with Gasteiger partial charge in [-0.2, -0.15) is 13.2 Å². The summed E-state index contributed by atoms with van der Waals surface area (Å²) in [5.41, 5.74) is 2.47. The first-order valence-electron chi connectivity index (χ1n) is 9.66. The SMILES string of the molecule is O=C(Nc1cc(C(F)(F)F)cc2c1Nc1ccccc1S2)SCc1c[nH]c2ccccc12. The number of carbonyl (C=O) groups excluding carboxylic acids is 1. The Bertz CT molecular complexity index is 1330. The Hall–Kier alpha value is -3.04. The van der Waals surface area contributed by atoms with Crippen LogP contribution in [0.4, 0.5) is 35.0 Å². The van der Waals surface area contributed by atoms with Gasteiger partial charge in [-0.25, -0.2) is 0 Å². The van der Waals surface area contributed by atoms with Crippen molar-refractivity contribution in [1.29, 1.82) is 0 Å². The molecule has 4 nitrogen and oxygen atoms in total. The Balaban J connectivity index is 1.40. The molecule has 162 valence electrons. The first-order valence-corrected chi connectivity index (χ1v) is 11.5. The molecule has 0 saturated carbocycles. The number of benzene rings is 3. The van der Waals surface area contributed by atoms with E-state index < -0.39 is 17.0 Å². The van der Waals surface area contributed by atoms with E-state index in [2.05, 4.69) is 15.6 Å². The summed E-state index contributed by atoms with van der Waals surface area (Å²) in [6.07, 6.45) is -2.69. The number of aromatic amines is 1. The van der Waals surface area contributed by atoms with Crippen molar-refractivity contribution in [3.8, 4) is 0 Å². The topological polar surface area (TPSA) is 56.9 Å². The Morgan fingerprint density at radius 2 is 1.81 bits per heavy atom. The Morgan fingerprint density at radius 1 is 1.03 bits per heavy atom. The number of para-hydroxylation sites is 2. The molecule has 0 radical (unpaired) electrons. The lowest BCUT2D eigenvalue weighted by Gasteiger charge is -2.25. The van der Waals surface area contributed by atoms with Crippen molar-refractivity contribution in [2.24, 2.45) is 0 Å². The van der Waals surface area contributed by atoms with Crippen molar-refractivity contribution in [2.75, 3.05) is 10.6 Å². The number of thioether (sulfide) groups is 1. The quantitative estimate of drug-likeness (QED) is 0.251. The van der Waals surface area contributed by atoms with E-state index in [1.54, 1.807) is 0 Å². The second-order valence-corrected chi connectivity index (χ2v) is 9.21. The van der Waals surface area contributed by atoms with Gasteiger partial charge in [0.25, 0.3) is 5.24 Å². The molecule has 9 heteroatoms. The summed E-state index contributed by atoms with van der Waals surface area (Å²) in [6.45, 7) is 0. The van der Waals surface area contributed by atoms with E-state index in [1.807, 2.05) is 54.7 Å². The molecule has 0 fully saturated rings. The minimum Gasteiger partial charge on any atom is -0.361 e. The smallest absolute Gasteiger partial charge is 0.361 e. The van der Waals surface area contributed by atoms with Gasteiger partial charge in [0, 0.05) is 32.6 Å². The van der Waals surface area contributed by atoms with Crippen LogP contribution in [-0.4, -0.2) is 10.2 Å². The molecule has 1 aliphatic rings. The zero-order valence-corrected chi connectivity index (χ0v) is 18.0. The van der Waals surface area contributed by atoms with Gasteiger partial charge in [-0.3, -0.25) is 4.79 Å². The maximum absolute atomic E-state index is 13.5. The number of fused-ring (bicyclic) bond motifs is 3. The second-order valence-electron chi connectivity index (χ2n) is 7.18. The first kappa shape index (κ1) is 20.8. The predicted molar refractivity (Wildman–Crippen MR) is 124 cm³/mol. The van der Waals surface area contributed by atoms with Crippen LogP contribution in [0, 0.1) is 0 Å². The number of carbonyl (C=O) groups is 1. The lowest BCUT2D eigenvalue weighted by molar-refractivity contribution is -0.137. The highest BCUT2D eigenvalue weighted by molar-refractivity contribution is 8.13. The molecular weight excluding hydrogens is 455 g/mol. The fourth-order valence-electron chi connectivity index (χ4n) is 3.54. The van der Waals surface area contributed by atoms with Crippen LogP contribution in [0.3, 0.4) is 0 Å². The summed E-state index contributed by atoms with van der Waals surface area (Å²) in [5.74, 6) is 0.391. The first-order chi connectivity index (χ1) is 15.4. The summed E-state index contributed by atoms with van der Waals surface area (Å²) in [6, 6.07) is 17.2. The minimum atomic E-state index is -4.52. The lowest BCUT2D eigenvalue weighted by atomic mass is 10.1. The molecule has 3 N–H and O–H groups in total. The van der Waals surface area contributed by atoms with Crippen LogP contribution in [0.5, 0.6) is 0 Å². The predicted octanol–water partition coefficient (Wildman–Crippen LogP) is 7.86. The number of amides is 1. The van der Waals surface area contributed by atoms with Gasteiger partial charge in [-0.05, 0) is 35.9 Å². The third-order valence-electron chi connectivity index (χ3n) is 5.07. The van der Waals surface area contributed by atoms with E-state index in [4.69, 9.17) is 0 Å². The van der Waals surface area contributed by atoms with Crippen LogP contribution >= 0.6 is 23.5 Å². The highest BCUT2D eigenvalue weighted by Gasteiger charge is 2.33. The minimum absolute atomic E-state index is 0.105. The molecule has 1 aromatic heterocycles. The number of hydrogen-bond donors (Lipinski definition) is 3. The molecule has 2 heterocycles. The average molecular weight is 472 g/mol. The van der Waals surface area contributed by atoms with Gasteiger partial charge in [0.05, 0.1) is 22.6 Å². The van der Waals surface area contributed by atoms with Crippen LogP contribution in [-0.2, 0) is 11.9 Å². The molecule has 0 saturated heterocycles. The zero-order valence-electron chi connectivity index (χ0n) is 16.4. The van der Waals surface area contributed by atoms with Gasteiger partial charge in [0.15, 0.2) is 0 Å². The molecule has 0 unspecified atom stereocenters.